The first-order valence-corrected chi connectivity index (χ1v) is 8.77. The van der Waals surface area contributed by atoms with Crippen LogP contribution in [0.1, 0.15) is 39.9 Å². The second kappa shape index (κ2) is 7.39. The van der Waals surface area contributed by atoms with Crippen LogP contribution in [0.3, 0.4) is 0 Å². The number of fused-ring (bicyclic) bond motifs is 1. The highest BCUT2D eigenvalue weighted by Crippen LogP contribution is 2.27. The molecule has 4 heterocycles. The predicted molar refractivity (Wildman–Crippen MR) is 93.6 cm³/mol. The fraction of sp³-hybridized carbons (Fsp3) is 0.421. The van der Waals surface area contributed by atoms with Gasteiger partial charge in [-0.1, -0.05) is 5.16 Å². The zero-order valence-corrected chi connectivity index (χ0v) is 15.0. The number of hydrogen-bond donors (Lipinski definition) is 0. The molecule has 0 saturated heterocycles. The zero-order chi connectivity index (χ0) is 17.9. The molecule has 3 aromatic heterocycles. The van der Waals surface area contributed by atoms with Crippen molar-refractivity contribution in [1.29, 1.82) is 0 Å². The van der Waals surface area contributed by atoms with Crippen molar-refractivity contribution in [1.82, 2.24) is 19.9 Å². The van der Waals surface area contributed by atoms with E-state index >= 15 is 0 Å². The lowest BCUT2D eigenvalue weighted by molar-refractivity contribution is -0.0323. The summed E-state index contributed by atoms with van der Waals surface area (Å²) in [5.41, 5.74) is 5.26. The summed E-state index contributed by atoms with van der Waals surface area (Å²) in [5.74, 6) is 0.800. The zero-order valence-electron chi connectivity index (χ0n) is 15.0. The Morgan fingerprint density at radius 1 is 1.27 bits per heavy atom. The fourth-order valence-electron chi connectivity index (χ4n) is 3.19. The summed E-state index contributed by atoms with van der Waals surface area (Å²) < 4.78 is 18.9. The second-order valence-corrected chi connectivity index (χ2v) is 6.52. The maximum absolute atomic E-state index is 5.90. The van der Waals surface area contributed by atoms with Crippen LogP contribution in [0.4, 0.5) is 0 Å². The number of aromatic nitrogens is 4. The van der Waals surface area contributed by atoms with Crippen LogP contribution in [-0.2, 0) is 29.0 Å². The van der Waals surface area contributed by atoms with E-state index in [1.165, 1.54) is 11.1 Å². The lowest BCUT2D eigenvalue weighted by atomic mass is 10.1. The standard InChI is InChI=1S/C19H22N4O3/c1-13-17(14(2)26-22-13)11-24-12-18-19-16(5-8-25-18)10-23(21-19)9-15-3-6-20-7-4-15/h3-4,6-7,10,18H,5,8-9,11-12H2,1-2H3. The van der Waals surface area contributed by atoms with Crippen LogP contribution < -0.4 is 0 Å². The molecule has 1 aliphatic rings. The molecule has 26 heavy (non-hydrogen) atoms. The van der Waals surface area contributed by atoms with Gasteiger partial charge in [0.15, 0.2) is 0 Å². The minimum atomic E-state index is -0.141. The molecule has 0 aromatic carbocycles. The first kappa shape index (κ1) is 16.9. The average molecular weight is 354 g/mol. The number of pyridine rings is 1. The number of aryl methyl sites for hydroxylation is 2. The predicted octanol–water partition coefficient (Wildman–Crippen LogP) is 2.76. The van der Waals surface area contributed by atoms with E-state index in [1.54, 1.807) is 12.4 Å². The Morgan fingerprint density at radius 3 is 2.88 bits per heavy atom. The van der Waals surface area contributed by atoms with Crippen LogP contribution in [0.25, 0.3) is 0 Å². The monoisotopic (exact) mass is 354 g/mol. The third kappa shape index (κ3) is 3.54. The van der Waals surface area contributed by atoms with Crippen molar-refractivity contribution < 1.29 is 14.0 Å². The van der Waals surface area contributed by atoms with E-state index in [2.05, 4.69) is 16.3 Å². The van der Waals surface area contributed by atoms with Gasteiger partial charge in [0.25, 0.3) is 0 Å². The summed E-state index contributed by atoms with van der Waals surface area (Å²) in [5, 5.41) is 8.69. The molecule has 0 amide bonds. The van der Waals surface area contributed by atoms with E-state index in [-0.39, 0.29) is 6.10 Å². The molecule has 1 unspecified atom stereocenters. The molecule has 0 radical (unpaired) electrons. The molecule has 0 N–H and O–H groups in total. The van der Waals surface area contributed by atoms with E-state index in [1.807, 2.05) is 30.7 Å². The SMILES string of the molecule is Cc1noc(C)c1COCC1OCCc2cn(Cc3ccncc3)nc21. The maximum Gasteiger partial charge on any atom is 0.139 e. The van der Waals surface area contributed by atoms with E-state index < -0.39 is 0 Å². The summed E-state index contributed by atoms with van der Waals surface area (Å²) in [4.78, 5) is 4.05. The molecule has 0 aliphatic carbocycles. The smallest absolute Gasteiger partial charge is 0.139 e. The molecular formula is C19H22N4O3. The average Bonchev–Trinajstić information content (AvgIpc) is 3.20. The number of ether oxygens (including phenoxy) is 2. The van der Waals surface area contributed by atoms with Crippen molar-refractivity contribution in [2.45, 2.75) is 39.5 Å². The second-order valence-electron chi connectivity index (χ2n) is 6.52. The third-order valence-electron chi connectivity index (χ3n) is 4.66. The van der Waals surface area contributed by atoms with Gasteiger partial charge in [-0.2, -0.15) is 5.10 Å². The number of hydrogen-bond acceptors (Lipinski definition) is 6. The topological polar surface area (TPSA) is 75.2 Å². The lowest BCUT2D eigenvalue weighted by Gasteiger charge is -2.21. The molecular weight excluding hydrogens is 332 g/mol. The van der Waals surface area contributed by atoms with Crippen molar-refractivity contribution in [2.75, 3.05) is 13.2 Å². The molecule has 0 bridgehead atoms. The van der Waals surface area contributed by atoms with Crippen molar-refractivity contribution in [3.63, 3.8) is 0 Å². The Hall–Kier alpha value is -2.51. The number of rotatable bonds is 6. The Morgan fingerprint density at radius 2 is 2.12 bits per heavy atom. The Labute approximate surface area is 151 Å². The van der Waals surface area contributed by atoms with Crippen LogP contribution in [0.15, 0.2) is 35.2 Å². The van der Waals surface area contributed by atoms with Gasteiger partial charge in [-0.25, -0.2) is 0 Å². The number of nitrogens with zero attached hydrogens (tertiary/aromatic N) is 4. The molecule has 1 atom stereocenters. The highest BCUT2D eigenvalue weighted by atomic mass is 16.5. The van der Waals surface area contributed by atoms with Gasteiger partial charge in [0, 0.05) is 24.2 Å². The van der Waals surface area contributed by atoms with Gasteiger partial charge in [-0.3, -0.25) is 9.67 Å². The fourth-order valence-corrected chi connectivity index (χ4v) is 3.19. The van der Waals surface area contributed by atoms with Crippen molar-refractivity contribution in [3.05, 3.63) is 64.6 Å². The van der Waals surface area contributed by atoms with Gasteiger partial charge in [-0.15, -0.1) is 0 Å². The summed E-state index contributed by atoms with van der Waals surface area (Å²) in [7, 11) is 0. The minimum absolute atomic E-state index is 0.141. The highest BCUT2D eigenvalue weighted by Gasteiger charge is 2.25. The van der Waals surface area contributed by atoms with Crippen LogP contribution >= 0.6 is 0 Å². The first-order valence-electron chi connectivity index (χ1n) is 8.77. The highest BCUT2D eigenvalue weighted by molar-refractivity contribution is 5.23. The normalized spacial score (nSPS) is 16.6. The van der Waals surface area contributed by atoms with E-state index in [9.17, 15) is 0 Å². The molecule has 3 aromatic rings. The van der Waals surface area contributed by atoms with Crippen LogP contribution in [0.5, 0.6) is 0 Å². The molecule has 0 spiro atoms. The van der Waals surface area contributed by atoms with E-state index in [4.69, 9.17) is 19.1 Å². The third-order valence-corrected chi connectivity index (χ3v) is 4.66. The van der Waals surface area contributed by atoms with Crippen molar-refractivity contribution >= 4 is 0 Å². The molecule has 7 nitrogen and oxygen atoms in total. The molecule has 0 saturated carbocycles. The van der Waals surface area contributed by atoms with Crippen molar-refractivity contribution in [3.8, 4) is 0 Å². The molecule has 7 heteroatoms. The van der Waals surface area contributed by atoms with Crippen LogP contribution in [-0.4, -0.2) is 33.1 Å². The Bertz CT molecular complexity index is 853. The van der Waals surface area contributed by atoms with Crippen LogP contribution in [0, 0.1) is 13.8 Å². The van der Waals surface area contributed by atoms with Gasteiger partial charge in [0.2, 0.25) is 0 Å². The van der Waals surface area contributed by atoms with Gasteiger partial charge in [0.05, 0.1) is 37.8 Å². The summed E-state index contributed by atoms with van der Waals surface area (Å²) in [6.45, 7) is 6.16. The maximum atomic E-state index is 5.90. The van der Waals surface area contributed by atoms with Crippen molar-refractivity contribution in [2.24, 2.45) is 0 Å². The summed E-state index contributed by atoms with van der Waals surface area (Å²) >= 11 is 0. The van der Waals surface area contributed by atoms with E-state index in [0.29, 0.717) is 19.8 Å². The summed E-state index contributed by atoms with van der Waals surface area (Å²) in [6, 6.07) is 4.00. The Balaban J connectivity index is 1.42. The minimum Gasteiger partial charge on any atom is -0.373 e. The quantitative estimate of drug-likeness (QED) is 0.677. The molecule has 4 rings (SSSR count). The van der Waals surface area contributed by atoms with Gasteiger partial charge >= 0.3 is 0 Å². The summed E-state index contributed by atoms with van der Waals surface area (Å²) in [6.07, 6.45) is 6.45. The molecule has 0 fully saturated rings. The first-order chi connectivity index (χ1) is 12.7. The lowest BCUT2D eigenvalue weighted by Crippen LogP contribution is -2.20. The van der Waals surface area contributed by atoms with E-state index in [0.717, 1.165) is 35.7 Å². The van der Waals surface area contributed by atoms with Gasteiger partial charge < -0.3 is 14.0 Å². The molecule has 136 valence electrons. The largest absolute Gasteiger partial charge is 0.373 e. The van der Waals surface area contributed by atoms with Gasteiger partial charge in [0.1, 0.15) is 11.9 Å². The van der Waals surface area contributed by atoms with Crippen LogP contribution in [0.2, 0.25) is 0 Å². The van der Waals surface area contributed by atoms with Gasteiger partial charge in [-0.05, 0) is 43.5 Å². The Kier molecular flexibility index (Phi) is 4.81. The molecule has 1 aliphatic heterocycles.